The molecule has 0 saturated carbocycles. The van der Waals surface area contributed by atoms with Crippen LogP contribution >= 0.6 is 11.6 Å². The van der Waals surface area contributed by atoms with Crippen LogP contribution < -0.4 is 10.1 Å². The molecule has 2 N–H and O–H groups in total. The molecule has 0 aliphatic heterocycles. The Balaban J connectivity index is 2.10. The number of halogens is 3. The third-order valence-corrected chi connectivity index (χ3v) is 2.40. The molecule has 0 spiro atoms. The summed E-state index contributed by atoms with van der Waals surface area (Å²) in [6.45, 7) is -2.53. The molecule has 2 aromatic rings. The minimum Gasteiger partial charge on any atom is -0.433 e. The van der Waals surface area contributed by atoms with Gasteiger partial charge in [0, 0.05) is 23.5 Å². The van der Waals surface area contributed by atoms with Gasteiger partial charge in [-0.15, -0.1) is 0 Å². The number of aromatic amines is 1. The maximum Gasteiger partial charge on any atom is 0.387 e. The maximum absolute atomic E-state index is 12.2. The summed E-state index contributed by atoms with van der Waals surface area (Å²) in [4.78, 5) is 6.90. The monoisotopic (exact) mass is 273 g/mol. The number of nitrogens with zero attached hydrogens (tertiary/aromatic N) is 1. The molecule has 0 bridgehead atoms. The Bertz CT molecular complexity index is 505. The first-order valence-electron chi connectivity index (χ1n) is 5.11. The van der Waals surface area contributed by atoms with E-state index in [0.717, 1.165) is 0 Å². The number of benzene rings is 1. The molecule has 18 heavy (non-hydrogen) atoms. The molecule has 0 aliphatic carbocycles. The molecule has 0 aliphatic rings. The van der Waals surface area contributed by atoms with Gasteiger partial charge in [-0.1, -0.05) is 11.6 Å². The van der Waals surface area contributed by atoms with Crippen LogP contribution in [0.4, 0.5) is 14.5 Å². The van der Waals surface area contributed by atoms with Crippen molar-refractivity contribution in [2.24, 2.45) is 0 Å². The first kappa shape index (κ1) is 12.6. The van der Waals surface area contributed by atoms with Gasteiger partial charge in [0.2, 0.25) is 0 Å². The number of aromatic nitrogens is 2. The molecule has 1 heterocycles. The summed E-state index contributed by atoms with van der Waals surface area (Å²) in [6.07, 6.45) is 3.28. The number of anilines is 1. The fourth-order valence-corrected chi connectivity index (χ4v) is 1.57. The van der Waals surface area contributed by atoms with E-state index in [1.54, 1.807) is 24.5 Å². The fourth-order valence-electron chi connectivity index (χ4n) is 1.41. The molecule has 0 atom stereocenters. The van der Waals surface area contributed by atoms with Crippen LogP contribution in [-0.4, -0.2) is 16.6 Å². The van der Waals surface area contributed by atoms with Crippen LogP contribution in [0, 0.1) is 0 Å². The molecule has 1 aromatic carbocycles. The van der Waals surface area contributed by atoms with Crippen LogP contribution in [0.2, 0.25) is 5.02 Å². The number of hydrogen-bond donors (Lipinski definition) is 2. The number of hydrogen-bond acceptors (Lipinski definition) is 3. The summed E-state index contributed by atoms with van der Waals surface area (Å²) >= 11 is 5.73. The highest BCUT2D eigenvalue weighted by molar-refractivity contribution is 6.30. The largest absolute Gasteiger partial charge is 0.433 e. The lowest BCUT2D eigenvalue weighted by molar-refractivity contribution is -0.0493. The molecule has 0 amide bonds. The van der Waals surface area contributed by atoms with Gasteiger partial charge in [-0.3, -0.25) is 0 Å². The predicted octanol–water partition coefficient (Wildman–Crippen LogP) is 3.28. The lowest BCUT2D eigenvalue weighted by Crippen LogP contribution is -2.07. The Kier molecular flexibility index (Phi) is 3.99. The predicted molar refractivity (Wildman–Crippen MR) is 64.0 cm³/mol. The van der Waals surface area contributed by atoms with Gasteiger partial charge in [0.25, 0.3) is 0 Å². The van der Waals surface area contributed by atoms with E-state index in [1.807, 2.05) is 0 Å². The van der Waals surface area contributed by atoms with E-state index in [-0.39, 0.29) is 5.75 Å². The van der Waals surface area contributed by atoms with E-state index in [9.17, 15) is 8.78 Å². The summed E-state index contributed by atoms with van der Waals surface area (Å²) in [5.74, 6) is 0.692. The second-order valence-electron chi connectivity index (χ2n) is 3.41. The Morgan fingerprint density at radius 3 is 2.94 bits per heavy atom. The first-order chi connectivity index (χ1) is 8.65. The van der Waals surface area contributed by atoms with Crippen LogP contribution in [0.5, 0.6) is 5.75 Å². The number of alkyl halides is 2. The normalized spacial score (nSPS) is 10.7. The average Bonchev–Trinajstić information content (AvgIpc) is 2.80. The summed E-state index contributed by atoms with van der Waals surface area (Å²) in [5.41, 5.74) is 0.427. The third kappa shape index (κ3) is 3.33. The van der Waals surface area contributed by atoms with Gasteiger partial charge in [0.15, 0.2) is 5.75 Å². The Morgan fingerprint density at radius 1 is 1.44 bits per heavy atom. The van der Waals surface area contributed by atoms with Gasteiger partial charge in [-0.2, -0.15) is 8.78 Å². The number of nitrogens with one attached hydrogen (secondary N) is 2. The van der Waals surface area contributed by atoms with Crippen LogP contribution in [0.3, 0.4) is 0 Å². The number of imidazole rings is 1. The van der Waals surface area contributed by atoms with Gasteiger partial charge in [0.05, 0.1) is 12.2 Å². The van der Waals surface area contributed by atoms with Crippen molar-refractivity contribution < 1.29 is 13.5 Å². The molecule has 1 aromatic heterocycles. The molecular weight excluding hydrogens is 264 g/mol. The lowest BCUT2D eigenvalue weighted by atomic mass is 10.3. The van der Waals surface area contributed by atoms with E-state index >= 15 is 0 Å². The first-order valence-corrected chi connectivity index (χ1v) is 5.49. The smallest absolute Gasteiger partial charge is 0.387 e. The number of ether oxygens (including phenoxy) is 1. The third-order valence-electron chi connectivity index (χ3n) is 2.16. The van der Waals surface area contributed by atoms with Crippen LogP contribution in [0.25, 0.3) is 0 Å². The zero-order valence-electron chi connectivity index (χ0n) is 9.16. The van der Waals surface area contributed by atoms with Gasteiger partial charge < -0.3 is 15.0 Å². The number of rotatable bonds is 5. The zero-order valence-corrected chi connectivity index (χ0v) is 9.92. The highest BCUT2D eigenvalue weighted by Crippen LogP contribution is 2.29. The Hall–Kier alpha value is -1.82. The molecule has 4 nitrogen and oxygen atoms in total. The molecule has 96 valence electrons. The van der Waals surface area contributed by atoms with Crippen molar-refractivity contribution in [2.75, 3.05) is 5.32 Å². The average molecular weight is 274 g/mol. The van der Waals surface area contributed by atoms with Crippen molar-refractivity contribution >= 4 is 17.3 Å². The highest BCUT2D eigenvalue weighted by atomic mass is 35.5. The van der Waals surface area contributed by atoms with E-state index in [0.29, 0.717) is 23.1 Å². The van der Waals surface area contributed by atoms with Crippen molar-refractivity contribution in [1.82, 2.24) is 9.97 Å². The number of H-pyrrole nitrogens is 1. The Labute approximate surface area is 107 Å². The molecule has 0 radical (unpaired) electrons. The van der Waals surface area contributed by atoms with Crippen molar-refractivity contribution in [3.63, 3.8) is 0 Å². The van der Waals surface area contributed by atoms with Crippen molar-refractivity contribution in [3.05, 3.63) is 41.4 Å². The maximum atomic E-state index is 12.2. The van der Waals surface area contributed by atoms with E-state index in [2.05, 4.69) is 20.0 Å². The highest BCUT2D eigenvalue weighted by Gasteiger charge is 2.10. The van der Waals surface area contributed by atoms with Gasteiger partial charge in [-0.25, -0.2) is 4.98 Å². The van der Waals surface area contributed by atoms with E-state index < -0.39 is 6.61 Å². The standard InChI is InChI=1S/C11H10ClF2N3O/c12-7-1-2-8(9(5-7)18-11(13)14)17-6-10-15-3-4-16-10/h1-5,11,17H,6H2,(H,15,16). The van der Waals surface area contributed by atoms with E-state index in [4.69, 9.17) is 11.6 Å². The lowest BCUT2D eigenvalue weighted by Gasteiger charge is -2.12. The molecule has 0 unspecified atom stereocenters. The Morgan fingerprint density at radius 2 is 2.28 bits per heavy atom. The SMILES string of the molecule is FC(F)Oc1cc(Cl)ccc1NCc1ncc[nH]1. The molecular formula is C11H10ClF2N3O. The fraction of sp³-hybridized carbons (Fsp3) is 0.182. The van der Waals surface area contributed by atoms with Gasteiger partial charge in [-0.05, 0) is 12.1 Å². The minimum absolute atomic E-state index is 0.00376. The zero-order chi connectivity index (χ0) is 13.0. The van der Waals surface area contributed by atoms with Crippen molar-refractivity contribution in [3.8, 4) is 5.75 Å². The van der Waals surface area contributed by atoms with Crippen molar-refractivity contribution in [1.29, 1.82) is 0 Å². The second-order valence-corrected chi connectivity index (χ2v) is 3.84. The van der Waals surface area contributed by atoms with E-state index in [1.165, 1.54) is 6.07 Å². The quantitative estimate of drug-likeness (QED) is 0.879. The summed E-state index contributed by atoms with van der Waals surface area (Å²) in [6, 6.07) is 4.49. The minimum atomic E-state index is -2.90. The molecule has 0 saturated heterocycles. The summed E-state index contributed by atoms with van der Waals surface area (Å²) in [7, 11) is 0. The molecule has 2 rings (SSSR count). The van der Waals surface area contributed by atoms with Gasteiger partial charge in [0.1, 0.15) is 5.82 Å². The summed E-state index contributed by atoms with van der Waals surface area (Å²) < 4.78 is 28.9. The van der Waals surface area contributed by atoms with Crippen LogP contribution in [-0.2, 0) is 6.54 Å². The van der Waals surface area contributed by atoms with Crippen molar-refractivity contribution in [2.45, 2.75) is 13.2 Å². The van der Waals surface area contributed by atoms with Crippen LogP contribution in [0.15, 0.2) is 30.6 Å². The molecule has 0 fully saturated rings. The topological polar surface area (TPSA) is 49.9 Å². The second kappa shape index (κ2) is 5.68. The molecule has 7 heteroatoms. The summed E-state index contributed by atoms with van der Waals surface area (Å²) in [5, 5.41) is 3.27. The van der Waals surface area contributed by atoms with Gasteiger partial charge >= 0.3 is 6.61 Å². The van der Waals surface area contributed by atoms with Crippen LogP contribution in [0.1, 0.15) is 5.82 Å².